The number of carbonyl (C=O) groups is 1. The van der Waals surface area contributed by atoms with E-state index in [9.17, 15) is 9.90 Å². The normalized spacial score (nSPS) is 14.5. The van der Waals surface area contributed by atoms with E-state index in [1.165, 1.54) is 11.3 Å². The zero-order valence-corrected chi connectivity index (χ0v) is 23.5. The van der Waals surface area contributed by atoms with E-state index in [1.54, 1.807) is 26.2 Å². The summed E-state index contributed by atoms with van der Waals surface area (Å²) in [5.74, 6) is 0.354. The average Bonchev–Trinajstić information content (AvgIpc) is 3.34. The molecular formula is C28H34N8O2S. The SMILES string of the molecule is CCNC(=O)Nc1nc2cc(-c3cnc(C(C)(C)O)nc3)cc(-c3cc(N4CCN(CC)CC4)ccn3)c2s1. The highest BCUT2D eigenvalue weighted by Gasteiger charge is 2.21. The monoisotopic (exact) mass is 546 g/mol. The fraction of sp³-hybridized carbons (Fsp3) is 0.393. The van der Waals surface area contributed by atoms with E-state index in [0.717, 1.165) is 71.0 Å². The Kier molecular flexibility index (Phi) is 7.74. The van der Waals surface area contributed by atoms with Crippen molar-refractivity contribution in [2.45, 2.75) is 33.3 Å². The summed E-state index contributed by atoms with van der Waals surface area (Å²) < 4.78 is 0.931. The molecule has 0 saturated carbocycles. The zero-order valence-electron chi connectivity index (χ0n) is 22.7. The number of hydrogen-bond acceptors (Lipinski definition) is 9. The van der Waals surface area contributed by atoms with Crippen molar-refractivity contribution in [1.82, 2.24) is 30.2 Å². The first-order valence-corrected chi connectivity index (χ1v) is 14.0. The first kappa shape index (κ1) is 26.9. The van der Waals surface area contributed by atoms with E-state index < -0.39 is 5.60 Å². The minimum atomic E-state index is -1.13. The van der Waals surface area contributed by atoms with Gasteiger partial charge in [0.15, 0.2) is 11.0 Å². The standard InChI is InChI=1S/C28H34N8O2S/c1-5-29-26(37)34-27-33-23-14-18(19-16-31-25(32-17-19)28(3,4)38)13-21(24(23)39-27)22-15-20(7-8-30-22)36-11-9-35(6-2)10-12-36/h7-8,13-17,38H,5-6,9-12H2,1-4H3,(H2,29,33,34,37). The molecule has 3 N–H and O–H groups in total. The minimum absolute atomic E-state index is 0.291. The third kappa shape index (κ3) is 6.00. The molecule has 3 aromatic heterocycles. The lowest BCUT2D eigenvalue weighted by Gasteiger charge is -2.35. The van der Waals surface area contributed by atoms with Gasteiger partial charge in [-0.2, -0.15) is 0 Å². The summed E-state index contributed by atoms with van der Waals surface area (Å²) in [4.78, 5) is 35.3. The smallest absolute Gasteiger partial charge is 0.321 e. The molecule has 0 spiro atoms. The Bertz CT molecular complexity index is 1460. The summed E-state index contributed by atoms with van der Waals surface area (Å²) in [6.07, 6.45) is 5.27. The first-order valence-electron chi connectivity index (χ1n) is 13.2. The van der Waals surface area contributed by atoms with E-state index in [0.29, 0.717) is 17.5 Å². The summed E-state index contributed by atoms with van der Waals surface area (Å²) in [7, 11) is 0. The molecule has 1 aromatic carbocycles. The van der Waals surface area contributed by atoms with Gasteiger partial charge in [0.1, 0.15) is 5.60 Å². The molecule has 11 heteroatoms. The number of thiazole rings is 1. The molecule has 1 aliphatic rings. The molecule has 0 atom stereocenters. The van der Waals surface area contributed by atoms with Crippen LogP contribution in [0.1, 0.15) is 33.5 Å². The summed E-state index contributed by atoms with van der Waals surface area (Å²) in [5, 5.41) is 16.4. The molecule has 4 heterocycles. The van der Waals surface area contributed by atoms with E-state index in [4.69, 9.17) is 9.97 Å². The lowest BCUT2D eigenvalue weighted by atomic mass is 10.0. The number of carbonyl (C=O) groups excluding carboxylic acids is 1. The van der Waals surface area contributed by atoms with E-state index in [-0.39, 0.29) is 6.03 Å². The van der Waals surface area contributed by atoms with Crippen LogP contribution in [0.15, 0.2) is 42.9 Å². The number of hydrogen-bond donors (Lipinski definition) is 3. The van der Waals surface area contributed by atoms with Crippen molar-refractivity contribution in [3.8, 4) is 22.4 Å². The second kappa shape index (κ2) is 11.2. The summed E-state index contributed by atoms with van der Waals surface area (Å²) >= 11 is 1.42. The van der Waals surface area contributed by atoms with Crippen LogP contribution in [0.25, 0.3) is 32.6 Å². The predicted molar refractivity (Wildman–Crippen MR) is 156 cm³/mol. The molecule has 5 rings (SSSR count). The minimum Gasteiger partial charge on any atom is -0.382 e. The van der Waals surface area contributed by atoms with Gasteiger partial charge >= 0.3 is 6.03 Å². The molecule has 0 aliphatic carbocycles. The summed E-state index contributed by atoms with van der Waals surface area (Å²) in [5.41, 5.74) is 4.17. The van der Waals surface area contributed by atoms with Gasteiger partial charge in [0.2, 0.25) is 0 Å². The van der Waals surface area contributed by atoms with Gasteiger partial charge in [-0.15, -0.1) is 0 Å². The topological polar surface area (TPSA) is 119 Å². The van der Waals surface area contributed by atoms with Crippen LogP contribution < -0.4 is 15.5 Å². The molecule has 1 saturated heterocycles. The summed E-state index contributed by atoms with van der Waals surface area (Å²) in [6, 6.07) is 7.93. The van der Waals surface area contributed by atoms with Crippen molar-refractivity contribution in [2.24, 2.45) is 0 Å². The van der Waals surface area contributed by atoms with Crippen LogP contribution >= 0.6 is 11.3 Å². The number of rotatable bonds is 7. The van der Waals surface area contributed by atoms with Crippen molar-refractivity contribution >= 4 is 38.4 Å². The lowest BCUT2D eigenvalue weighted by Crippen LogP contribution is -2.46. The molecule has 0 unspecified atom stereocenters. The van der Waals surface area contributed by atoms with E-state index >= 15 is 0 Å². The number of amides is 2. The number of urea groups is 1. The van der Waals surface area contributed by atoms with Crippen LogP contribution in [0, 0.1) is 0 Å². The molecule has 10 nitrogen and oxygen atoms in total. The van der Waals surface area contributed by atoms with Crippen molar-refractivity contribution in [1.29, 1.82) is 0 Å². The maximum atomic E-state index is 12.2. The Labute approximate surface area is 232 Å². The highest BCUT2D eigenvalue weighted by Crippen LogP contribution is 2.39. The van der Waals surface area contributed by atoms with Gasteiger partial charge < -0.3 is 20.2 Å². The number of aromatic nitrogens is 4. The molecule has 0 bridgehead atoms. The highest BCUT2D eigenvalue weighted by molar-refractivity contribution is 7.22. The van der Waals surface area contributed by atoms with Crippen LogP contribution in [0.2, 0.25) is 0 Å². The Morgan fingerprint density at radius 2 is 1.79 bits per heavy atom. The maximum absolute atomic E-state index is 12.2. The number of fused-ring (bicyclic) bond motifs is 1. The van der Waals surface area contributed by atoms with Crippen LogP contribution in [0.5, 0.6) is 0 Å². The van der Waals surface area contributed by atoms with Crippen LogP contribution in [0.4, 0.5) is 15.6 Å². The second-order valence-corrected chi connectivity index (χ2v) is 11.0. The number of aliphatic hydroxyl groups is 1. The number of nitrogens with one attached hydrogen (secondary N) is 2. The maximum Gasteiger partial charge on any atom is 0.321 e. The molecule has 204 valence electrons. The Balaban J connectivity index is 1.57. The fourth-order valence-corrected chi connectivity index (χ4v) is 5.59. The van der Waals surface area contributed by atoms with E-state index in [2.05, 4.69) is 55.5 Å². The second-order valence-electron chi connectivity index (χ2n) is 10.1. The molecule has 1 aliphatic heterocycles. The van der Waals surface area contributed by atoms with Gasteiger partial charge in [-0.05, 0) is 57.1 Å². The third-order valence-electron chi connectivity index (χ3n) is 6.78. The molecule has 0 radical (unpaired) electrons. The molecule has 39 heavy (non-hydrogen) atoms. The summed E-state index contributed by atoms with van der Waals surface area (Å²) in [6.45, 7) is 13.0. The van der Waals surface area contributed by atoms with Gasteiger partial charge in [0.05, 0.1) is 15.9 Å². The Hall–Kier alpha value is -3.67. The van der Waals surface area contributed by atoms with E-state index in [1.807, 2.05) is 19.2 Å². The molecular weight excluding hydrogens is 512 g/mol. The number of likely N-dealkylation sites (N-methyl/N-ethyl adjacent to an activating group) is 1. The predicted octanol–water partition coefficient (Wildman–Crippen LogP) is 4.33. The van der Waals surface area contributed by atoms with Crippen LogP contribution in [-0.2, 0) is 5.60 Å². The zero-order chi connectivity index (χ0) is 27.6. The number of nitrogens with zero attached hydrogens (tertiary/aromatic N) is 6. The van der Waals surface area contributed by atoms with Crippen LogP contribution in [0.3, 0.4) is 0 Å². The van der Waals surface area contributed by atoms with Gasteiger partial charge in [0, 0.05) is 68.1 Å². The fourth-order valence-electron chi connectivity index (χ4n) is 4.62. The quantitative estimate of drug-likeness (QED) is 0.314. The Morgan fingerprint density at radius 3 is 2.46 bits per heavy atom. The van der Waals surface area contributed by atoms with Gasteiger partial charge in [0.25, 0.3) is 0 Å². The third-order valence-corrected chi connectivity index (χ3v) is 7.80. The molecule has 4 aromatic rings. The van der Waals surface area contributed by atoms with Gasteiger partial charge in [-0.1, -0.05) is 18.3 Å². The average molecular weight is 547 g/mol. The number of benzene rings is 1. The lowest BCUT2D eigenvalue weighted by molar-refractivity contribution is 0.0687. The Morgan fingerprint density at radius 1 is 1.05 bits per heavy atom. The van der Waals surface area contributed by atoms with Crippen molar-refractivity contribution < 1.29 is 9.90 Å². The number of piperazine rings is 1. The van der Waals surface area contributed by atoms with Crippen molar-refractivity contribution in [3.63, 3.8) is 0 Å². The largest absolute Gasteiger partial charge is 0.382 e. The molecule has 1 fully saturated rings. The number of pyridine rings is 1. The number of anilines is 2. The van der Waals surface area contributed by atoms with Gasteiger partial charge in [-0.3, -0.25) is 10.3 Å². The first-order chi connectivity index (χ1) is 18.7. The van der Waals surface area contributed by atoms with Crippen LogP contribution in [-0.4, -0.2) is 75.2 Å². The van der Waals surface area contributed by atoms with Crippen molar-refractivity contribution in [3.05, 3.63) is 48.7 Å². The van der Waals surface area contributed by atoms with Gasteiger partial charge in [-0.25, -0.2) is 19.7 Å². The molecule has 2 amide bonds. The highest BCUT2D eigenvalue weighted by atomic mass is 32.1. The van der Waals surface area contributed by atoms with Crippen molar-refractivity contribution in [2.75, 3.05) is 49.5 Å².